The third kappa shape index (κ3) is 4.57. The number of likely N-dealkylation sites (tertiary alicyclic amines) is 1. The normalized spacial score (nSPS) is 17.0. The van der Waals surface area contributed by atoms with Crippen molar-refractivity contribution in [3.05, 3.63) is 105 Å². The van der Waals surface area contributed by atoms with Crippen molar-refractivity contribution in [3.63, 3.8) is 0 Å². The molecule has 1 aliphatic heterocycles. The zero-order valence-corrected chi connectivity index (χ0v) is 20.6. The Bertz CT molecular complexity index is 1360. The summed E-state index contributed by atoms with van der Waals surface area (Å²) in [7, 11) is 1.49. The third-order valence-electron chi connectivity index (χ3n) is 5.96. The van der Waals surface area contributed by atoms with Crippen LogP contribution in [0.5, 0.6) is 5.75 Å². The smallest absolute Gasteiger partial charge is 0.335 e. The molecule has 1 saturated heterocycles. The SMILES string of the molecule is COc1ccccc1C1/C(=C(\O)c2ccc(Br)c(C)c2)C(=O)C(=O)N1Cc1ccc(C(=O)O)cc1. The van der Waals surface area contributed by atoms with Gasteiger partial charge in [0.1, 0.15) is 11.5 Å². The van der Waals surface area contributed by atoms with Crippen LogP contribution in [0, 0.1) is 6.92 Å². The van der Waals surface area contributed by atoms with E-state index >= 15 is 0 Å². The number of carbonyl (C=O) groups is 3. The van der Waals surface area contributed by atoms with Crippen molar-refractivity contribution >= 4 is 39.3 Å². The van der Waals surface area contributed by atoms with Crippen molar-refractivity contribution in [1.82, 2.24) is 4.90 Å². The second-order valence-electron chi connectivity index (χ2n) is 8.13. The summed E-state index contributed by atoms with van der Waals surface area (Å²) in [6.45, 7) is 1.89. The highest BCUT2D eigenvalue weighted by molar-refractivity contribution is 9.10. The summed E-state index contributed by atoms with van der Waals surface area (Å²) in [6.07, 6.45) is 0. The molecule has 1 atom stereocenters. The number of aliphatic hydroxyl groups excluding tert-OH is 1. The number of carboxylic acid groups (broad SMARTS) is 1. The average molecular weight is 536 g/mol. The third-order valence-corrected chi connectivity index (χ3v) is 6.85. The number of Topliss-reactive ketones (excluding diaryl/α,β-unsaturated/α-hetero) is 1. The van der Waals surface area contributed by atoms with Gasteiger partial charge in [-0.1, -0.05) is 52.3 Å². The van der Waals surface area contributed by atoms with Crippen LogP contribution in [0.4, 0.5) is 0 Å². The number of carboxylic acids is 1. The molecule has 1 aliphatic rings. The van der Waals surface area contributed by atoms with Crippen LogP contribution in [0.3, 0.4) is 0 Å². The summed E-state index contributed by atoms with van der Waals surface area (Å²) >= 11 is 3.43. The molecule has 35 heavy (non-hydrogen) atoms. The number of amides is 1. The molecule has 1 amide bonds. The van der Waals surface area contributed by atoms with Crippen molar-refractivity contribution in [3.8, 4) is 5.75 Å². The van der Waals surface area contributed by atoms with E-state index in [2.05, 4.69) is 15.9 Å². The van der Waals surface area contributed by atoms with Gasteiger partial charge in [0.2, 0.25) is 0 Å². The lowest BCUT2D eigenvalue weighted by Crippen LogP contribution is -2.29. The van der Waals surface area contributed by atoms with Crippen LogP contribution in [0.1, 0.15) is 38.7 Å². The first-order valence-electron chi connectivity index (χ1n) is 10.7. The molecule has 3 aromatic carbocycles. The Labute approximate surface area is 210 Å². The molecule has 4 rings (SSSR count). The van der Waals surface area contributed by atoms with Gasteiger partial charge in [-0.2, -0.15) is 0 Å². The Morgan fingerprint density at radius 3 is 2.29 bits per heavy atom. The average Bonchev–Trinajstić information content (AvgIpc) is 3.10. The fourth-order valence-electron chi connectivity index (χ4n) is 4.16. The topological polar surface area (TPSA) is 104 Å². The number of benzene rings is 3. The van der Waals surface area contributed by atoms with Crippen LogP contribution in [0.2, 0.25) is 0 Å². The predicted molar refractivity (Wildman–Crippen MR) is 133 cm³/mol. The fourth-order valence-corrected chi connectivity index (χ4v) is 4.40. The number of hydrogen-bond acceptors (Lipinski definition) is 5. The minimum Gasteiger partial charge on any atom is -0.507 e. The number of aromatic carboxylic acids is 1. The van der Waals surface area contributed by atoms with E-state index in [1.54, 1.807) is 54.6 Å². The number of aryl methyl sites for hydroxylation is 1. The molecule has 8 heteroatoms. The molecule has 0 bridgehead atoms. The quantitative estimate of drug-likeness (QED) is 0.259. The molecule has 1 heterocycles. The molecule has 3 aromatic rings. The zero-order chi connectivity index (χ0) is 25.3. The van der Waals surface area contributed by atoms with E-state index in [-0.39, 0.29) is 23.4 Å². The lowest BCUT2D eigenvalue weighted by molar-refractivity contribution is -0.140. The van der Waals surface area contributed by atoms with Crippen molar-refractivity contribution in [1.29, 1.82) is 0 Å². The Hall–Kier alpha value is -3.91. The maximum atomic E-state index is 13.3. The van der Waals surface area contributed by atoms with Crippen LogP contribution in [0.25, 0.3) is 5.76 Å². The van der Waals surface area contributed by atoms with E-state index in [1.807, 2.05) is 6.92 Å². The summed E-state index contributed by atoms with van der Waals surface area (Å²) in [5.41, 5.74) is 2.53. The standard InChI is InChI=1S/C27H22BrNO6/c1-15-13-18(11-12-20(15)28)24(30)22-23(19-5-3-4-6-21(19)35-2)29(26(32)25(22)31)14-16-7-9-17(10-8-16)27(33)34/h3-13,23,30H,14H2,1-2H3,(H,33,34)/b24-22+. The van der Waals surface area contributed by atoms with Crippen molar-refractivity contribution in [2.75, 3.05) is 7.11 Å². The molecule has 7 nitrogen and oxygen atoms in total. The van der Waals surface area contributed by atoms with E-state index < -0.39 is 23.7 Å². The van der Waals surface area contributed by atoms with Gasteiger partial charge in [-0.15, -0.1) is 0 Å². The number of rotatable bonds is 6. The number of ether oxygens (including phenoxy) is 1. The molecule has 0 radical (unpaired) electrons. The molecule has 1 fully saturated rings. The number of ketones is 1. The number of nitrogens with zero attached hydrogens (tertiary/aromatic N) is 1. The number of halogens is 1. The zero-order valence-electron chi connectivity index (χ0n) is 19.0. The first-order chi connectivity index (χ1) is 16.7. The van der Waals surface area contributed by atoms with Gasteiger partial charge in [-0.3, -0.25) is 9.59 Å². The molecule has 0 aliphatic carbocycles. The van der Waals surface area contributed by atoms with Crippen LogP contribution in [-0.4, -0.2) is 39.9 Å². The molecule has 1 unspecified atom stereocenters. The van der Waals surface area contributed by atoms with Crippen molar-refractivity contribution in [2.45, 2.75) is 19.5 Å². The van der Waals surface area contributed by atoms with Gasteiger partial charge in [-0.05, 0) is 48.4 Å². The highest BCUT2D eigenvalue weighted by atomic mass is 79.9. The number of methoxy groups -OCH3 is 1. The first-order valence-corrected chi connectivity index (χ1v) is 11.5. The number of carbonyl (C=O) groups excluding carboxylic acids is 2. The number of aliphatic hydroxyl groups is 1. The molecular weight excluding hydrogens is 514 g/mol. The van der Waals surface area contributed by atoms with Gasteiger partial charge in [0, 0.05) is 22.1 Å². The Morgan fingerprint density at radius 2 is 1.66 bits per heavy atom. The second-order valence-corrected chi connectivity index (χ2v) is 8.99. The van der Waals surface area contributed by atoms with Gasteiger partial charge in [0.25, 0.3) is 11.7 Å². The Balaban J connectivity index is 1.87. The lowest BCUT2D eigenvalue weighted by atomic mass is 9.94. The predicted octanol–water partition coefficient (Wildman–Crippen LogP) is 5.09. The molecule has 2 N–H and O–H groups in total. The largest absolute Gasteiger partial charge is 0.507 e. The van der Waals surface area contributed by atoms with E-state index in [4.69, 9.17) is 9.84 Å². The van der Waals surface area contributed by atoms with Gasteiger partial charge >= 0.3 is 5.97 Å². The monoisotopic (exact) mass is 535 g/mol. The highest BCUT2D eigenvalue weighted by Crippen LogP contribution is 2.43. The van der Waals surface area contributed by atoms with Gasteiger partial charge in [0.05, 0.1) is 24.3 Å². The summed E-state index contributed by atoms with van der Waals surface area (Å²) in [5.74, 6) is -2.45. The fraction of sp³-hybridized carbons (Fsp3) is 0.148. The van der Waals surface area contributed by atoms with E-state index in [9.17, 15) is 19.5 Å². The Morgan fingerprint density at radius 1 is 1.00 bits per heavy atom. The molecule has 0 aromatic heterocycles. The minimum atomic E-state index is -1.06. The first kappa shape index (κ1) is 24.2. The minimum absolute atomic E-state index is 0.0311. The van der Waals surface area contributed by atoms with Gasteiger partial charge < -0.3 is 19.8 Å². The summed E-state index contributed by atoms with van der Waals surface area (Å²) in [4.78, 5) is 39.1. The van der Waals surface area contributed by atoms with Crippen LogP contribution >= 0.6 is 15.9 Å². The highest BCUT2D eigenvalue weighted by Gasteiger charge is 2.47. The van der Waals surface area contributed by atoms with Crippen molar-refractivity contribution in [2.24, 2.45) is 0 Å². The second kappa shape index (κ2) is 9.76. The summed E-state index contributed by atoms with van der Waals surface area (Å²) in [6, 6.07) is 17.4. The molecule has 178 valence electrons. The van der Waals surface area contributed by atoms with Crippen molar-refractivity contribution < 1.29 is 29.3 Å². The molecule has 0 spiro atoms. The number of hydrogen-bond donors (Lipinski definition) is 2. The van der Waals surface area contributed by atoms with E-state index in [0.29, 0.717) is 22.4 Å². The van der Waals surface area contributed by atoms with E-state index in [1.165, 1.54) is 24.1 Å². The van der Waals surface area contributed by atoms with Crippen LogP contribution in [0.15, 0.2) is 76.8 Å². The maximum absolute atomic E-state index is 13.3. The van der Waals surface area contributed by atoms with Crippen LogP contribution < -0.4 is 4.74 Å². The maximum Gasteiger partial charge on any atom is 0.335 e. The van der Waals surface area contributed by atoms with Gasteiger partial charge in [0.15, 0.2) is 0 Å². The lowest BCUT2D eigenvalue weighted by Gasteiger charge is -2.26. The molecule has 0 saturated carbocycles. The Kier molecular flexibility index (Phi) is 6.75. The molecular formula is C27H22BrNO6. The van der Waals surface area contributed by atoms with Crippen LogP contribution in [-0.2, 0) is 16.1 Å². The summed E-state index contributed by atoms with van der Waals surface area (Å²) in [5, 5.41) is 20.4. The van der Waals surface area contributed by atoms with E-state index in [0.717, 1.165) is 10.0 Å². The van der Waals surface area contributed by atoms with Gasteiger partial charge in [-0.25, -0.2) is 4.79 Å². The summed E-state index contributed by atoms with van der Waals surface area (Å²) < 4.78 is 6.36. The number of para-hydroxylation sites is 1.